The molecule has 0 unspecified atom stereocenters. The van der Waals surface area contributed by atoms with Crippen LogP contribution in [0.15, 0.2) is 31.7 Å². The first-order valence-corrected chi connectivity index (χ1v) is 9.23. The van der Waals surface area contributed by atoms with Gasteiger partial charge in [0.25, 0.3) is 0 Å². The summed E-state index contributed by atoms with van der Waals surface area (Å²) < 4.78 is -1.20. The molecule has 8 heteroatoms. The van der Waals surface area contributed by atoms with Gasteiger partial charge in [-0.25, -0.2) is 0 Å². The molecule has 2 aliphatic heterocycles. The molecule has 0 aromatic heterocycles. The van der Waals surface area contributed by atoms with Crippen molar-refractivity contribution in [2.75, 3.05) is 26.4 Å². The van der Waals surface area contributed by atoms with E-state index in [1.54, 1.807) is 0 Å². The first kappa shape index (κ1) is 15.4. The first-order chi connectivity index (χ1) is 9.59. The minimum atomic E-state index is -0.599. The van der Waals surface area contributed by atoms with Crippen molar-refractivity contribution in [3.05, 3.63) is 12.1 Å². The summed E-state index contributed by atoms with van der Waals surface area (Å²) in [7, 11) is 0. The zero-order valence-electron chi connectivity index (χ0n) is 10.4. The number of rotatable bonds is 4. The van der Waals surface area contributed by atoms with Crippen LogP contribution >= 0.6 is 47.0 Å². The molecule has 0 atom stereocenters. The van der Waals surface area contributed by atoms with E-state index in [1.165, 1.54) is 47.0 Å². The Morgan fingerprint density at radius 2 is 0.850 bits per heavy atom. The second-order valence-electron chi connectivity index (χ2n) is 4.61. The second kappa shape index (κ2) is 5.58. The van der Waals surface area contributed by atoms with Gasteiger partial charge in [0.1, 0.15) is 8.16 Å². The normalized spacial score (nSPS) is 21.8. The Balaban J connectivity index is 1.92. The largest absolute Gasteiger partial charge is 0.394 e. The fraction of sp³-hybridized carbons (Fsp3) is 0.500. The lowest BCUT2D eigenvalue weighted by molar-refractivity contribution is 0.215. The van der Waals surface area contributed by atoms with Gasteiger partial charge in [-0.3, -0.25) is 0 Å². The summed E-state index contributed by atoms with van der Waals surface area (Å²) in [4.78, 5) is 4.15. The smallest absolute Gasteiger partial charge is 0.116 e. The van der Waals surface area contributed by atoms with Crippen LogP contribution in [0.5, 0.6) is 0 Å². The van der Waals surface area contributed by atoms with E-state index in [0.29, 0.717) is 0 Å². The Morgan fingerprint density at radius 3 is 1.05 bits per heavy atom. The van der Waals surface area contributed by atoms with Crippen molar-refractivity contribution in [2.45, 2.75) is 27.7 Å². The second-order valence-corrected chi connectivity index (χ2v) is 10.8. The maximum Gasteiger partial charge on any atom is 0.116 e. The van der Waals surface area contributed by atoms with Gasteiger partial charge in [-0.1, -0.05) is 0 Å². The maximum absolute atomic E-state index is 9.48. The molecule has 20 heavy (non-hydrogen) atoms. The van der Waals surface area contributed by atoms with E-state index in [2.05, 4.69) is 0 Å². The minimum absolute atomic E-state index is 0.0876. The fourth-order valence-corrected chi connectivity index (χ4v) is 7.57. The lowest BCUT2D eigenvalue weighted by Crippen LogP contribution is -2.27. The Bertz CT molecular complexity index is 446. The van der Waals surface area contributed by atoms with Gasteiger partial charge >= 0.3 is 0 Å². The molecule has 0 spiro atoms. The van der Waals surface area contributed by atoms with Crippen LogP contribution in [0.3, 0.4) is 0 Å². The first-order valence-electron chi connectivity index (χ1n) is 5.97. The lowest BCUT2D eigenvalue weighted by atomic mass is 10.3. The highest BCUT2D eigenvalue weighted by Crippen LogP contribution is 2.61. The third-order valence-electron chi connectivity index (χ3n) is 3.16. The van der Waals surface area contributed by atoms with Crippen LogP contribution in [0.25, 0.3) is 0 Å². The van der Waals surface area contributed by atoms with Crippen LogP contribution in [0, 0.1) is 0 Å². The summed E-state index contributed by atoms with van der Waals surface area (Å²) in [5, 5.41) is 37.9. The monoisotopic (exact) mass is 350 g/mol. The van der Waals surface area contributed by atoms with Crippen molar-refractivity contribution in [1.29, 1.82) is 0 Å². The molecule has 3 rings (SSSR count). The Kier molecular flexibility index (Phi) is 4.29. The van der Waals surface area contributed by atoms with Gasteiger partial charge in [-0.2, -0.15) is 0 Å². The molecule has 0 amide bonds. The van der Waals surface area contributed by atoms with E-state index >= 15 is 0 Å². The molecule has 1 aromatic carbocycles. The summed E-state index contributed by atoms with van der Waals surface area (Å²) in [6.45, 7) is -0.350. The topological polar surface area (TPSA) is 80.9 Å². The van der Waals surface area contributed by atoms with Crippen LogP contribution in [-0.2, 0) is 0 Å². The van der Waals surface area contributed by atoms with Gasteiger partial charge in [0.15, 0.2) is 0 Å². The predicted octanol–water partition coefficient (Wildman–Crippen LogP) is 1.44. The third kappa shape index (κ3) is 2.40. The molecule has 0 fully saturated rings. The molecular weight excluding hydrogens is 336 g/mol. The zero-order valence-corrected chi connectivity index (χ0v) is 13.7. The van der Waals surface area contributed by atoms with Crippen molar-refractivity contribution < 1.29 is 20.4 Å². The van der Waals surface area contributed by atoms with Crippen LogP contribution in [0.4, 0.5) is 0 Å². The van der Waals surface area contributed by atoms with Gasteiger partial charge < -0.3 is 20.4 Å². The molecule has 0 bridgehead atoms. The Hall–Kier alpha value is 0.460. The summed E-state index contributed by atoms with van der Waals surface area (Å²) in [5.74, 6) is 0. The van der Waals surface area contributed by atoms with Crippen LogP contribution < -0.4 is 0 Å². The predicted molar refractivity (Wildman–Crippen MR) is 83.7 cm³/mol. The molecule has 0 saturated carbocycles. The highest BCUT2D eigenvalue weighted by molar-refractivity contribution is 8.21. The quantitative estimate of drug-likeness (QED) is 0.650. The van der Waals surface area contributed by atoms with Gasteiger partial charge in [0.2, 0.25) is 0 Å². The van der Waals surface area contributed by atoms with Crippen molar-refractivity contribution in [3.63, 3.8) is 0 Å². The molecule has 2 heterocycles. The van der Waals surface area contributed by atoms with E-state index in [-0.39, 0.29) is 26.4 Å². The SMILES string of the molecule is OCC1(CO)Sc2cc3c(cc2S1)SC(CO)(CO)S3. The van der Waals surface area contributed by atoms with E-state index in [0.717, 1.165) is 19.6 Å². The van der Waals surface area contributed by atoms with Gasteiger partial charge in [0.05, 0.1) is 26.4 Å². The molecule has 2 aliphatic rings. The average Bonchev–Trinajstić information content (AvgIpc) is 3.02. The number of aliphatic hydroxyl groups is 4. The lowest BCUT2D eigenvalue weighted by Gasteiger charge is -2.21. The van der Waals surface area contributed by atoms with Gasteiger partial charge in [-0.15, -0.1) is 47.0 Å². The van der Waals surface area contributed by atoms with Gasteiger partial charge in [0, 0.05) is 19.6 Å². The molecule has 4 nitrogen and oxygen atoms in total. The number of benzene rings is 1. The summed E-state index contributed by atoms with van der Waals surface area (Å²) in [5.41, 5.74) is 0. The van der Waals surface area contributed by atoms with Crippen molar-refractivity contribution in [2.24, 2.45) is 0 Å². The summed E-state index contributed by atoms with van der Waals surface area (Å²) in [6.07, 6.45) is 0. The molecule has 4 N–H and O–H groups in total. The highest BCUT2D eigenvalue weighted by Gasteiger charge is 2.43. The van der Waals surface area contributed by atoms with E-state index in [9.17, 15) is 20.4 Å². The van der Waals surface area contributed by atoms with Gasteiger partial charge in [-0.05, 0) is 12.1 Å². The summed E-state index contributed by atoms with van der Waals surface area (Å²) >= 11 is 5.92. The third-order valence-corrected chi connectivity index (χ3v) is 9.17. The van der Waals surface area contributed by atoms with Crippen LogP contribution in [0.1, 0.15) is 0 Å². The number of aliphatic hydroxyl groups excluding tert-OH is 4. The number of fused-ring (bicyclic) bond motifs is 2. The van der Waals surface area contributed by atoms with Crippen LogP contribution in [-0.4, -0.2) is 55.0 Å². The number of thioether (sulfide) groups is 4. The standard InChI is InChI=1S/C12H14O4S4/c13-3-11(4-14)17-7-1-8-10(2-9(7)19-11)20-12(5-15,6-16)18-8/h1-2,13-16H,3-6H2. The molecule has 0 aliphatic carbocycles. The van der Waals surface area contributed by atoms with Crippen molar-refractivity contribution in [1.82, 2.24) is 0 Å². The molecule has 1 aromatic rings. The number of hydrogen-bond acceptors (Lipinski definition) is 8. The molecule has 110 valence electrons. The highest BCUT2D eigenvalue weighted by atomic mass is 32.2. The number of hydrogen-bond donors (Lipinski definition) is 4. The Morgan fingerprint density at radius 1 is 0.600 bits per heavy atom. The minimum Gasteiger partial charge on any atom is -0.394 e. The maximum atomic E-state index is 9.48. The zero-order chi connectivity index (χ0) is 14.4. The molecule has 0 saturated heterocycles. The average molecular weight is 351 g/mol. The summed E-state index contributed by atoms with van der Waals surface area (Å²) in [6, 6.07) is 4.06. The molecule has 0 radical (unpaired) electrons. The van der Waals surface area contributed by atoms with E-state index in [4.69, 9.17) is 0 Å². The fourth-order valence-electron chi connectivity index (χ4n) is 2.04. The van der Waals surface area contributed by atoms with E-state index in [1.807, 2.05) is 12.1 Å². The molecular formula is C12H14O4S4. The van der Waals surface area contributed by atoms with Crippen molar-refractivity contribution >= 4 is 47.0 Å². The Labute approximate surface area is 133 Å². The van der Waals surface area contributed by atoms with Crippen LogP contribution in [0.2, 0.25) is 0 Å². The van der Waals surface area contributed by atoms with E-state index < -0.39 is 8.16 Å². The van der Waals surface area contributed by atoms with Crippen molar-refractivity contribution in [3.8, 4) is 0 Å².